The van der Waals surface area contributed by atoms with E-state index in [1.807, 2.05) is 12.1 Å². The maximum atomic E-state index is 11.1. The molecule has 0 bridgehead atoms. The molecule has 5 heteroatoms. The van der Waals surface area contributed by atoms with Gasteiger partial charge in [-0.1, -0.05) is 33.3 Å². The molecule has 0 spiro atoms. The summed E-state index contributed by atoms with van der Waals surface area (Å²) < 4.78 is 2.33. The van der Waals surface area contributed by atoms with Crippen molar-refractivity contribution in [1.29, 1.82) is 0 Å². The minimum Gasteiger partial charge on any atom is -0.328 e. The molecule has 0 radical (unpaired) electrons. The summed E-state index contributed by atoms with van der Waals surface area (Å²) in [5.41, 5.74) is 4.58. The molecule has 1 amide bonds. The predicted octanol–water partition coefficient (Wildman–Crippen LogP) is 3.94. The highest BCUT2D eigenvalue weighted by Crippen LogP contribution is 2.21. The van der Waals surface area contributed by atoms with E-state index in [0.29, 0.717) is 5.92 Å². The number of nitrogens with zero attached hydrogens (tertiary/aromatic N) is 2. The van der Waals surface area contributed by atoms with Crippen molar-refractivity contribution in [1.82, 2.24) is 15.0 Å². The van der Waals surface area contributed by atoms with E-state index in [0.717, 1.165) is 54.6 Å². The molecule has 0 aliphatic heterocycles. The van der Waals surface area contributed by atoms with Crippen molar-refractivity contribution < 1.29 is 10.0 Å². The molecule has 1 heterocycles. The van der Waals surface area contributed by atoms with Gasteiger partial charge >= 0.3 is 0 Å². The summed E-state index contributed by atoms with van der Waals surface area (Å²) in [4.78, 5) is 15.9. The van der Waals surface area contributed by atoms with Crippen molar-refractivity contribution in [3.63, 3.8) is 0 Å². The molecule has 0 saturated heterocycles. The van der Waals surface area contributed by atoms with Crippen molar-refractivity contribution in [3.8, 4) is 0 Å². The summed E-state index contributed by atoms with van der Waals surface area (Å²) in [5.74, 6) is 1.25. The van der Waals surface area contributed by atoms with Crippen LogP contribution in [0, 0.1) is 5.92 Å². The fourth-order valence-corrected chi connectivity index (χ4v) is 2.67. The van der Waals surface area contributed by atoms with Gasteiger partial charge in [0.25, 0.3) is 5.91 Å². The average Bonchev–Trinajstić information content (AvgIpc) is 2.92. The van der Waals surface area contributed by atoms with Crippen molar-refractivity contribution in [2.75, 3.05) is 0 Å². The number of hydroxylamine groups is 1. The Morgan fingerprint density at radius 2 is 2.21 bits per heavy atom. The highest BCUT2D eigenvalue weighted by Gasteiger charge is 2.11. The van der Waals surface area contributed by atoms with E-state index in [4.69, 9.17) is 10.2 Å². The van der Waals surface area contributed by atoms with Gasteiger partial charge in [-0.15, -0.1) is 0 Å². The predicted molar refractivity (Wildman–Crippen MR) is 96.8 cm³/mol. The summed E-state index contributed by atoms with van der Waals surface area (Å²) in [7, 11) is 0. The molecule has 24 heavy (non-hydrogen) atoms. The number of nitrogens with one attached hydrogen (secondary N) is 1. The molecular formula is C19H27N3O2. The normalized spacial score (nSPS) is 11.7. The fraction of sp³-hybridized carbons (Fsp3) is 0.474. The van der Waals surface area contributed by atoms with Crippen LogP contribution in [0.15, 0.2) is 24.3 Å². The Morgan fingerprint density at radius 1 is 1.42 bits per heavy atom. The Hall–Kier alpha value is -2.14. The first-order valence-electron chi connectivity index (χ1n) is 8.66. The number of carbonyl (C=O) groups is 1. The van der Waals surface area contributed by atoms with E-state index >= 15 is 0 Å². The first kappa shape index (κ1) is 18.2. The molecule has 5 nitrogen and oxygen atoms in total. The lowest BCUT2D eigenvalue weighted by molar-refractivity contribution is -0.124. The van der Waals surface area contributed by atoms with Gasteiger partial charge in [0, 0.05) is 19.0 Å². The molecule has 2 N–H and O–H groups in total. The van der Waals surface area contributed by atoms with Crippen LogP contribution >= 0.6 is 0 Å². The number of fused-ring (bicyclic) bond motifs is 1. The number of aryl methyl sites for hydroxylation is 2. The fourth-order valence-electron chi connectivity index (χ4n) is 2.67. The van der Waals surface area contributed by atoms with Gasteiger partial charge in [-0.25, -0.2) is 10.5 Å². The first-order valence-corrected chi connectivity index (χ1v) is 8.66. The zero-order valence-electron chi connectivity index (χ0n) is 14.7. The second-order valence-electron chi connectivity index (χ2n) is 6.52. The molecule has 0 aliphatic carbocycles. The Bertz CT molecular complexity index is 717. The van der Waals surface area contributed by atoms with Gasteiger partial charge in [0.2, 0.25) is 0 Å². The Labute approximate surface area is 143 Å². The van der Waals surface area contributed by atoms with Crippen LogP contribution in [-0.2, 0) is 17.8 Å². The number of hydrogen-bond donors (Lipinski definition) is 2. The molecule has 2 aromatic rings. The number of benzene rings is 1. The third-order valence-corrected chi connectivity index (χ3v) is 4.07. The van der Waals surface area contributed by atoms with Crippen LogP contribution in [0.2, 0.25) is 0 Å². The Balaban J connectivity index is 2.34. The molecule has 1 aromatic carbocycles. The largest absolute Gasteiger partial charge is 0.328 e. The highest BCUT2D eigenvalue weighted by molar-refractivity contribution is 5.91. The minimum atomic E-state index is -0.541. The van der Waals surface area contributed by atoms with E-state index in [-0.39, 0.29) is 0 Å². The maximum Gasteiger partial charge on any atom is 0.267 e. The molecule has 0 aliphatic rings. The van der Waals surface area contributed by atoms with Crippen LogP contribution in [0.1, 0.15) is 51.4 Å². The summed E-state index contributed by atoms with van der Waals surface area (Å²) in [6.45, 7) is 7.64. The van der Waals surface area contributed by atoms with Crippen molar-refractivity contribution in [2.45, 2.75) is 53.0 Å². The topological polar surface area (TPSA) is 67.2 Å². The number of imidazole rings is 1. The first-order chi connectivity index (χ1) is 11.5. The maximum absolute atomic E-state index is 11.1. The van der Waals surface area contributed by atoms with Crippen LogP contribution in [-0.4, -0.2) is 20.7 Å². The summed E-state index contributed by atoms with van der Waals surface area (Å²) in [6, 6.07) is 6.02. The molecule has 0 atom stereocenters. The van der Waals surface area contributed by atoms with E-state index in [1.165, 1.54) is 6.08 Å². The SMILES string of the molecule is CCCCc1nc2cc(/C=C/C(=O)NO)ccc2n1CCC(C)C. The lowest BCUT2D eigenvalue weighted by atomic mass is 10.1. The smallest absolute Gasteiger partial charge is 0.267 e. The third kappa shape index (κ3) is 4.68. The average molecular weight is 329 g/mol. The van der Waals surface area contributed by atoms with Crippen LogP contribution in [0.5, 0.6) is 0 Å². The minimum absolute atomic E-state index is 0.541. The van der Waals surface area contributed by atoms with Gasteiger partial charge in [-0.3, -0.25) is 10.0 Å². The van der Waals surface area contributed by atoms with Crippen LogP contribution < -0.4 is 5.48 Å². The summed E-state index contributed by atoms with van der Waals surface area (Å²) in [5, 5.41) is 8.54. The number of rotatable bonds is 8. The molecule has 2 rings (SSSR count). The summed E-state index contributed by atoms with van der Waals surface area (Å²) >= 11 is 0. The van der Waals surface area contributed by atoms with Crippen LogP contribution in [0.3, 0.4) is 0 Å². The van der Waals surface area contributed by atoms with E-state index in [1.54, 1.807) is 11.6 Å². The number of amides is 1. The van der Waals surface area contributed by atoms with Gasteiger partial charge in [0.15, 0.2) is 0 Å². The number of unbranched alkanes of at least 4 members (excludes halogenated alkanes) is 1. The number of aromatic nitrogens is 2. The van der Waals surface area contributed by atoms with E-state index < -0.39 is 5.91 Å². The van der Waals surface area contributed by atoms with Gasteiger partial charge in [0.1, 0.15) is 5.82 Å². The molecular weight excluding hydrogens is 302 g/mol. The molecule has 0 fully saturated rings. The second kappa shape index (κ2) is 8.64. The molecule has 0 unspecified atom stereocenters. The lowest BCUT2D eigenvalue weighted by Crippen LogP contribution is -2.14. The molecule has 1 aromatic heterocycles. The van der Waals surface area contributed by atoms with Crippen molar-refractivity contribution in [2.24, 2.45) is 5.92 Å². The zero-order valence-corrected chi connectivity index (χ0v) is 14.7. The van der Waals surface area contributed by atoms with E-state index in [2.05, 4.69) is 31.4 Å². The molecule has 0 saturated carbocycles. The Morgan fingerprint density at radius 3 is 2.88 bits per heavy atom. The van der Waals surface area contributed by atoms with Gasteiger partial charge in [-0.2, -0.15) is 0 Å². The highest BCUT2D eigenvalue weighted by atomic mass is 16.5. The molecule has 130 valence electrons. The second-order valence-corrected chi connectivity index (χ2v) is 6.52. The summed E-state index contributed by atoms with van der Waals surface area (Å²) in [6.07, 6.45) is 7.37. The third-order valence-electron chi connectivity index (χ3n) is 4.07. The van der Waals surface area contributed by atoms with Crippen LogP contribution in [0.25, 0.3) is 17.1 Å². The van der Waals surface area contributed by atoms with Gasteiger partial charge in [-0.05, 0) is 42.5 Å². The van der Waals surface area contributed by atoms with Crippen molar-refractivity contribution in [3.05, 3.63) is 35.7 Å². The number of hydrogen-bond acceptors (Lipinski definition) is 3. The van der Waals surface area contributed by atoms with Gasteiger partial charge in [0.05, 0.1) is 11.0 Å². The quantitative estimate of drug-likeness (QED) is 0.438. The monoisotopic (exact) mass is 329 g/mol. The zero-order chi connectivity index (χ0) is 17.5. The number of carbonyl (C=O) groups excluding carboxylic acids is 1. The van der Waals surface area contributed by atoms with Gasteiger partial charge < -0.3 is 4.57 Å². The van der Waals surface area contributed by atoms with Crippen molar-refractivity contribution >= 4 is 23.0 Å². The standard InChI is InChI=1S/C19H27N3O2/c1-4-5-6-18-20-16-13-15(8-10-19(23)21-24)7-9-17(16)22(18)12-11-14(2)3/h7-10,13-14,24H,4-6,11-12H2,1-3H3,(H,21,23)/b10-8+. The van der Waals surface area contributed by atoms with E-state index in [9.17, 15) is 4.79 Å². The van der Waals surface area contributed by atoms with Crippen LogP contribution in [0.4, 0.5) is 0 Å². The Kier molecular flexibility index (Phi) is 6.55. The lowest BCUT2D eigenvalue weighted by Gasteiger charge is -2.11.